The van der Waals surface area contributed by atoms with Crippen LogP contribution in [0.25, 0.3) is 0 Å². The summed E-state index contributed by atoms with van der Waals surface area (Å²) in [5, 5.41) is 7.61. The zero-order valence-electron chi connectivity index (χ0n) is 16.8. The van der Waals surface area contributed by atoms with Crippen molar-refractivity contribution in [2.24, 2.45) is 0 Å². The van der Waals surface area contributed by atoms with E-state index in [0.717, 1.165) is 11.1 Å². The van der Waals surface area contributed by atoms with Crippen molar-refractivity contribution in [3.8, 4) is 23.8 Å². The topological polar surface area (TPSA) is 65.4 Å². The summed E-state index contributed by atoms with van der Waals surface area (Å²) in [6, 6.07) is 15.2. The van der Waals surface area contributed by atoms with E-state index in [4.69, 9.17) is 27.5 Å². The number of benzene rings is 2. The molecule has 0 aliphatic rings. The average molecular weight is 424 g/mol. The third-order valence-corrected chi connectivity index (χ3v) is 4.84. The lowest BCUT2D eigenvalue weighted by atomic mass is 10.2. The van der Waals surface area contributed by atoms with Crippen LogP contribution in [0.5, 0.6) is 11.5 Å². The van der Waals surface area contributed by atoms with E-state index in [1.54, 1.807) is 30.8 Å². The van der Waals surface area contributed by atoms with E-state index in [0.29, 0.717) is 34.5 Å². The number of terminal acetylenes is 1. The standard InChI is InChI=1S/C23H22ClN3O3/c1-4-12-30-20-13-18(10-11-19(20)29-3)14-25-23(28)21-16(2)26-27(22(21)24)15-17-8-6-5-7-9-17/h1,5-11,13H,12,14-15H2,2-3H3,(H,25,28). The molecule has 2 aromatic carbocycles. The first kappa shape index (κ1) is 21.3. The Labute approximate surface area is 180 Å². The van der Waals surface area contributed by atoms with E-state index in [1.807, 2.05) is 36.4 Å². The van der Waals surface area contributed by atoms with E-state index in [9.17, 15) is 4.79 Å². The van der Waals surface area contributed by atoms with Gasteiger partial charge in [-0.05, 0) is 30.2 Å². The quantitative estimate of drug-likeness (QED) is 0.559. The number of carbonyl (C=O) groups excluding carboxylic acids is 1. The van der Waals surface area contributed by atoms with Gasteiger partial charge >= 0.3 is 0 Å². The fourth-order valence-electron chi connectivity index (χ4n) is 3.01. The molecule has 1 N–H and O–H groups in total. The number of nitrogens with one attached hydrogen (secondary N) is 1. The number of methoxy groups -OCH3 is 1. The molecule has 1 heterocycles. The molecule has 0 fully saturated rings. The SMILES string of the molecule is C#CCOc1cc(CNC(=O)c2c(C)nn(Cc3ccccc3)c2Cl)ccc1OC. The van der Waals surface area contributed by atoms with Gasteiger partial charge < -0.3 is 14.8 Å². The molecule has 0 atom stereocenters. The summed E-state index contributed by atoms with van der Waals surface area (Å²) in [5.74, 6) is 3.22. The van der Waals surface area contributed by atoms with E-state index >= 15 is 0 Å². The minimum absolute atomic E-state index is 0.127. The maximum atomic E-state index is 12.8. The lowest BCUT2D eigenvalue weighted by Gasteiger charge is -2.11. The Kier molecular flexibility index (Phi) is 6.99. The first-order valence-corrected chi connectivity index (χ1v) is 9.69. The largest absolute Gasteiger partial charge is 0.493 e. The number of aryl methyl sites for hydroxylation is 1. The molecular formula is C23H22ClN3O3. The normalized spacial score (nSPS) is 10.3. The number of rotatable bonds is 8. The van der Waals surface area contributed by atoms with Crippen LogP contribution < -0.4 is 14.8 Å². The summed E-state index contributed by atoms with van der Waals surface area (Å²) in [6.07, 6.45) is 5.25. The van der Waals surface area contributed by atoms with Crippen molar-refractivity contribution in [2.45, 2.75) is 20.0 Å². The molecule has 0 spiro atoms. The van der Waals surface area contributed by atoms with Crippen molar-refractivity contribution in [1.82, 2.24) is 15.1 Å². The van der Waals surface area contributed by atoms with Crippen LogP contribution in [0, 0.1) is 19.3 Å². The average Bonchev–Trinajstić information content (AvgIpc) is 3.04. The van der Waals surface area contributed by atoms with Gasteiger partial charge in [-0.15, -0.1) is 6.42 Å². The first-order chi connectivity index (χ1) is 14.5. The minimum Gasteiger partial charge on any atom is -0.493 e. The molecule has 1 amide bonds. The Morgan fingerprint density at radius 2 is 1.97 bits per heavy atom. The summed E-state index contributed by atoms with van der Waals surface area (Å²) in [7, 11) is 1.55. The molecule has 30 heavy (non-hydrogen) atoms. The van der Waals surface area contributed by atoms with Crippen LogP contribution >= 0.6 is 11.6 Å². The third-order valence-electron chi connectivity index (χ3n) is 4.46. The van der Waals surface area contributed by atoms with Gasteiger partial charge in [0, 0.05) is 6.54 Å². The minimum atomic E-state index is -0.293. The number of carbonyl (C=O) groups is 1. The summed E-state index contributed by atoms with van der Waals surface area (Å²) < 4.78 is 12.4. The van der Waals surface area contributed by atoms with Gasteiger partial charge in [-0.25, -0.2) is 4.68 Å². The van der Waals surface area contributed by atoms with Gasteiger partial charge in [0.1, 0.15) is 11.8 Å². The van der Waals surface area contributed by atoms with Crippen LogP contribution in [0.2, 0.25) is 5.15 Å². The van der Waals surface area contributed by atoms with Crippen LogP contribution in [0.3, 0.4) is 0 Å². The highest BCUT2D eigenvalue weighted by Crippen LogP contribution is 2.28. The van der Waals surface area contributed by atoms with E-state index in [-0.39, 0.29) is 19.1 Å². The Balaban J connectivity index is 1.72. The first-order valence-electron chi connectivity index (χ1n) is 9.31. The third kappa shape index (κ3) is 4.94. The van der Waals surface area contributed by atoms with E-state index < -0.39 is 0 Å². The Hall–Kier alpha value is -3.43. The van der Waals surface area contributed by atoms with Crippen molar-refractivity contribution in [3.05, 3.63) is 76.1 Å². The number of nitrogens with zero attached hydrogens (tertiary/aromatic N) is 2. The number of halogens is 1. The summed E-state index contributed by atoms with van der Waals surface area (Å²) in [5.41, 5.74) is 2.82. The predicted octanol–water partition coefficient (Wildman–Crippen LogP) is 3.84. The van der Waals surface area contributed by atoms with Crippen molar-refractivity contribution in [3.63, 3.8) is 0 Å². The highest BCUT2D eigenvalue weighted by molar-refractivity contribution is 6.33. The molecule has 0 unspecified atom stereocenters. The molecule has 154 valence electrons. The molecular weight excluding hydrogens is 402 g/mol. The maximum Gasteiger partial charge on any atom is 0.256 e. The second-order valence-electron chi connectivity index (χ2n) is 6.56. The van der Waals surface area contributed by atoms with Gasteiger partial charge in [0.2, 0.25) is 0 Å². The molecule has 7 heteroatoms. The van der Waals surface area contributed by atoms with E-state index in [2.05, 4.69) is 16.3 Å². The zero-order valence-corrected chi connectivity index (χ0v) is 17.6. The molecule has 0 radical (unpaired) electrons. The van der Waals surface area contributed by atoms with E-state index in [1.165, 1.54) is 0 Å². The fraction of sp³-hybridized carbons (Fsp3) is 0.217. The zero-order chi connectivity index (χ0) is 21.5. The smallest absolute Gasteiger partial charge is 0.256 e. The fourth-order valence-corrected chi connectivity index (χ4v) is 3.33. The van der Waals surface area contributed by atoms with Crippen molar-refractivity contribution >= 4 is 17.5 Å². The lowest BCUT2D eigenvalue weighted by molar-refractivity contribution is 0.0950. The van der Waals surface area contributed by atoms with Gasteiger partial charge in [0.05, 0.1) is 24.9 Å². The number of ether oxygens (including phenoxy) is 2. The second-order valence-corrected chi connectivity index (χ2v) is 6.91. The Morgan fingerprint density at radius 1 is 1.20 bits per heavy atom. The highest BCUT2D eigenvalue weighted by Gasteiger charge is 2.20. The van der Waals surface area contributed by atoms with Gasteiger partial charge in [0.25, 0.3) is 5.91 Å². The van der Waals surface area contributed by atoms with Gasteiger partial charge in [-0.3, -0.25) is 4.79 Å². The van der Waals surface area contributed by atoms with Crippen molar-refractivity contribution in [1.29, 1.82) is 0 Å². The number of aromatic nitrogens is 2. The number of hydrogen-bond acceptors (Lipinski definition) is 4. The molecule has 3 rings (SSSR count). The molecule has 0 saturated carbocycles. The van der Waals surface area contributed by atoms with Gasteiger partial charge in [-0.2, -0.15) is 5.10 Å². The summed E-state index contributed by atoms with van der Waals surface area (Å²) in [6.45, 7) is 2.67. The van der Waals surface area contributed by atoms with Crippen LogP contribution in [-0.4, -0.2) is 29.4 Å². The number of amides is 1. The molecule has 6 nitrogen and oxygen atoms in total. The summed E-state index contributed by atoms with van der Waals surface area (Å²) >= 11 is 6.46. The van der Waals surface area contributed by atoms with Crippen LogP contribution in [0.4, 0.5) is 0 Å². The summed E-state index contributed by atoms with van der Waals surface area (Å²) in [4.78, 5) is 12.8. The second kappa shape index (κ2) is 9.86. The van der Waals surface area contributed by atoms with Gasteiger partial charge in [-0.1, -0.05) is 53.9 Å². The monoisotopic (exact) mass is 423 g/mol. The Morgan fingerprint density at radius 3 is 2.67 bits per heavy atom. The molecule has 0 bridgehead atoms. The van der Waals surface area contributed by atoms with Crippen LogP contribution in [0.15, 0.2) is 48.5 Å². The molecule has 1 aromatic heterocycles. The van der Waals surface area contributed by atoms with Crippen molar-refractivity contribution in [2.75, 3.05) is 13.7 Å². The van der Waals surface area contributed by atoms with Crippen LogP contribution in [0.1, 0.15) is 27.2 Å². The lowest BCUT2D eigenvalue weighted by Crippen LogP contribution is -2.23. The molecule has 0 saturated heterocycles. The number of hydrogen-bond donors (Lipinski definition) is 1. The maximum absolute atomic E-state index is 12.8. The predicted molar refractivity (Wildman–Crippen MR) is 116 cm³/mol. The molecule has 0 aliphatic carbocycles. The van der Waals surface area contributed by atoms with Gasteiger partial charge in [0.15, 0.2) is 11.5 Å². The highest BCUT2D eigenvalue weighted by atomic mass is 35.5. The van der Waals surface area contributed by atoms with Crippen molar-refractivity contribution < 1.29 is 14.3 Å². The molecule has 3 aromatic rings. The Bertz CT molecular complexity index is 1070. The van der Waals surface area contributed by atoms with Crippen LogP contribution in [-0.2, 0) is 13.1 Å². The molecule has 0 aliphatic heterocycles.